The van der Waals surface area contributed by atoms with Crippen molar-refractivity contribution in [1.82, 2.24) is 19.6 Å². The Bertz CT molecular complexity index is 869. The van der Waals surface area contributed by atoms with Crippen molar-refractivity contribution in [3.8, 4) is 5.69 Å². The lowest BCUT2D eigenvalue weighted by Gasteiger charge is -2.35. The number of halogens is 2. The van der Waals surface area contributed by atoms with Gasteiger partial charge in [-0.3, -0.25) is 4.79 Å². The predicted molar refractivity (Wildman–Crippen MR) is 98.1 cm³/mol. The molecule has 1 aliphatic carbocycles. The van der Waals surface area contributed by atoms with Gasteiger partial charge in [0.25, 0.3) is 5.91 Å². The highest BCUT2D eigenvalue weighted by Crippen LogP contribution is 2.29. The number of hydrogen-bond donors (Lipinski definition) is 0. The Balaban J connectivity index is 1.63. The molecule has 0 saturated carbocycles. The number of rotatable bonds is 3. The third kappa shape index (κ3) is 3.25. The van der Waals surface area contributed by atoms with Gasteiger partial charge in [-0.25, -0.2) is 13.5 Å². The molecule has 2 aliphatic rings. The summed E-state index contributed by atoms with van der Waals surface area (Å²) in [6.07, 6.45) is 4.43. The van der Waals surface area contributed by atoms with Crippen LogP contribution in [0.15, 0.2) is 18.2 Å². The molecule has 1 aliphatic heterocycles. The van der Waals surface area contributed by atoms with Gasteiger partial charge in [-0.05, 0) is 58.3 Å². The molecule has 1 amide bonds. The first-order valence-corrected chi connectivity index (χ1v) is 9.47. The molecule has 1 aromatic carbocycles. The van der Waals surface area contributed by atoms with Crippen LogP contribution in [0.1, 0.15) is 41.0 Å². The average Bonchev–Trinajstić information content (AvgIpc) is 3.26. The van der Waals surface area contributed by atoms with Crippen molar-refractivity contribution >= 4 is 5.91 Å². The molecule has 1 aromatic heterocycles. The van der Waals surface area contributed by atoms with Crippen molar-refractivity contribution in [2.75, 3.05) is 27.2 Å². The molecule has 2 aromatic rings. The Labute approximate surface area is 157 Å². The van der Waals surface area contributed by atoms with E-state index in [1.807, 2.05) is 4.90 Å². The number of piperidine rings is 1. The highest BCUT2D eigenvalue weighted by atomic mass is 19.2. The summed E-state index contributed by atoms with van der Waals surface area (Å²) in [5.41, 5.74) is 2.82. The summed E-state index contributed by atoms with van der Waals surface area (Å²) in [7, 11) is 4.14. The van der Waals surface area contributed by atoms with E-state index >= 15 is 0 Å². The summed E-state index contributed by atoms with van der Waals surface area (Å²) < 4.78 is 28.6. The van der Waals surface area contributed by atoms with E-state index < -0.39 is 11.6 Å². The summed E-state index contributed by atoms with van der Waals surface area (Å²) in [5.74, 6) is -1.84. The second kappa shape index (κ2) is 7.03. The van der Waals surface area contributed by atoms with Crippen molar-refractivity contribution < 1.29 is 13.6 Å². The molecule has 0 unspecified atom stereocenters. The second-order valence-electron chi connectivity index (χ2n) is 7.62. The third-order valence-electron chi connectivity index (χ3n) is 5.76. The van der Waals surface area contributed by atoms with Crippen LogP contribution in [0, 0.1) is 11.6 Å². The van der Waals surface area contributed by atoms with Crippen molar-refractivity contribution in [1.29, 1.82) is 0 Å². The SMILES string of the molecule is CN(C)C1CCN(C(=O)c2nn(-c3ccc(F)c(F)c3)c3c2CCC3)CC1. The number of nitrogens with zero attached hydrogens (tertiary/aromatic N) is 4. The van der Waals surface area contributed by atoms with E-state index in [-0.39, 0.29) is 5.91 Å². The lowest BCUT2D eigenvalue weighted by atomic mass is 10.0. The van der Waals surface area contributed by atoms with Crippen LogP contribution in [0.4, 0.5) is 8.78 Å². The van der Waals surface area contributed by atoms with E-state index in [0.717, 1.165) is 55.5 Å². The number of likely N-dealkylation sites (tertiary alicyclic amines) is 1. The summed E-state index contributed by atoms with van der Waals surface area (Å²) in [6.45, 7) is 1.43. The van der Waals surface area contributed by atoms with E-state index in [1.165, 1.54) is 6.07 Å². The van der Waals surface area contributed by atoms with Crippen LogP contribution in [0.3, 0.4) is 0 Å². The highest BCUT2D eigenvalue weighted by Gasteiger charge is 2.31. The van der Waals surface area contributed by atoms with Gasteiger partial charge in [0.1, 0.15) is 0 Å². The Hall–Kier alpha value is -2.28. The van der Waals surface area contributed by atoms with Crippen molar-refractivity contribution in [3.63, 3.8) is 0 Å². The maximum atomic E-state index is 13.7. The first-order valence-electron chi connectivity index (χ1n) is 9.47. The number of aromatic nitrogens is 2. The van der Waals surface area contributed by atoms with Gasteiger partial charge in [0.15, 0.2) is 17.3 Å². The molecule has 1 fully saturated rings. The van der Waals surface area contributed by atoms with Gasteiger partial charge < -0.3 is 9.80 Å². The van der Waals surface area contributed by atoms with Crippen LogP contribution < -0.4 is 0 Å². The van der Waals surface area contributed by atoms with Crippen LogP contribution in [-0.4, -0.2) is 58.7 Å². The molecule has 27 heavy (non-hydrogen) atoms. The minimum Gasteiger partial charge on any atom is -0.337 e. The van der Waals surface area contributed by atoms with E-state index in [0.29, 0.717) is 30.5 Å². The molecule has 0 spiro atoms. The van der Waals surface area contributed by atoms with Gasteiger partial charge in [0, 0.05) is 36.5 Å². The molecular formula is C20H24F2N4O. The molecule has 144 valence electrons. The van der Waals surface area contributed by atoms with Crippen LogP contribution in [0.25, 0.3) is 5.69 Å². The Morgan fingerprint density at radius 2 is 1.89 bits per heavy atom. The number of fused-ring (bicyclic) bond motifs is 1. The van der Waals surface area contributed by atoms with E-state index in [1.54, 1.807) is 4.68 Å². The molecule has 0 radical (unpaired) electrons. The van der Waals surface area contributed by atoms with Gasteiger partial charge in [-0.2, -0.15) is 5.10 Å². The van der Waals surface area contributed by atoms with Gasteiger partial charge in [-0.1, -0.05) is 0 Å². The van der Waals surface area contributed by atoms with Crippen LogP contribution in [0.2, 0.25) is 0 Å². The van der Waals surface area contributed by atoms with Crippen molar-refractivity contribution in [3.05, 3.63) is 46.8 Å². The van der Waals surface area contributed by atoms with E-state index in [4.69, 9.17) is 0 Å². The van der Waals surface area contributed by atoms with Crippen molar-refractivity contribution in [2.45, 2.75) is 38.1 Å². The molecule has 7 heteroatoms. The maximum absolute atomic E-state index is 13.7. The number of amides is 1. The Kier molecular flexibility index (Phi) is 4.72. The minimum absolute atomic E-state index is 0.0494. The van der Waals surface area contributed by atoms with Crippen LogP contribution >= 0.6 is 0 Å². The summed E-state index contributed by atoms with van der Waals surface area (Å²) in [6, 6.07) is 4.24. The summed E-state index contributed by atoms with van der Waals surface area (Å²) >= 11 is 0. The topological polar surface area (TPSA) is 41.4 Å². The molecule has 1 saturated heterocycles. The van der Waals surface area contributed by atoms with Gasteiger partial charge >= 0.3 is 0 Å². The monoisotopic (exact) mass is 374 g/mol. The van der Waals surface area contributed by atoms with Crippen molar-refractivity contribution in [2.24, 2.45) is 0 Å². The van der Waals surface area contributed by atoms with Gasteiger partial charge in [0.05, 0.1) is 5.69 Å². The number of hydrogen-bond acceptors (Lipinski definition) is 3. The zero-order valence-electron chi connectivity index (χ0n) is 15.7. The number of benzene rings is 1. The van der Waals surface area contributed by atoms with E-state index in [2.05, 4.69) is 24.1 Å². The highest BCUT2D eigenvalue weighted by molar-refractivity contribution is 5.94. The summed E-state index contributed by atoms with van der Waals surface area (Å²) in [4.78, 5) is 17.2. The fourth-order valence-electron chi connectivity index (χ4n) is 4.17. The average molecular weight is 374 g/mol. The zero-order valence-corrected chi connectivity index (χ0v) is 15.7. The molecule has 5 nitrogen and oxygen atoms in total. The smallest absolute Gasteiger partial charge is 0.274 e. The minimum atomic E-state index is -0.909. The molecular weight excluding hydrogens is 350 g/mol. The Morgan fingerprint density at radius 1 is 1.15 bits per heavy atom. The standard InChI is InChI=1S/C20H24F2N4O/c1-24(2)13-8-10-25(11-9-13)20(27)19-15-4-3-5-18(15)26(23-19)14-6-7-16(21)17(22)12-14/h6-7,12-13H,3-5,8-11H2,1-2H3. The lowest BCUT2D eigenvalue weighted by Crippen LogP contribution is -2.44. The Morgan fingerprint density at radius 3 is 2.56 bits per heavy atom. The largest absolute Gasteiger partial charge is 0.337 e. The fourth-order valence-corrected chi connectivity index (χ4v) is 4.17. The van der Waals surface area contributed by atoms with Crippen LogP contribution in [-0.2, 0) is 12.8 Å². The zero-order chi connectivity index (χ0) is 19.1. The lowest BCUT2D eigenvalue weighted by molar-refractivity contribution is 0.0656. The molecule has 2 heterocycles. The molecule has 0 bridgehead atoms. The first-order chi connectivity index (χ1) is 13.0. The summed E-state index contributed by atoms with van der Waals surface area (Å²) in [5, 5.41) is 4.53. The van der Waals surface area contributed by atoms with Gasteiger partial charge in [-0.15, -0.1) is 0 Å². The molecule has 0 N–H and O–H groups in total. The fraction of sp³-hybridized carbons (Fsp3) is 0.500. The second-order valence-corrected chi connectivity index (χ2v) is 7.62. The van der Waals surface area contributed by atoms with E-state index in [9.17, 15) is 13.6 Å². The third-order valence-corrected chi connectivity index (χ3v) is 5.76. The normalized spacial score (nSPS) is 17.6. The quantitative estimate of drug-likeness (QED) is 0.830. The number of carbonyl (C=O) groups excluding carboxylic acids is 1. The molecule has 0 atom stereocenters. The number of carbonyl (C=O) groups is 1. The maximum Gasteiger partial charge on any atom is 0.274 e. The van der Waals surface area contributed by atoms with Crippen LogP contribution in [0.5, 0.6) is 0 Å². The predicted octanol–water partition coefficient (Wildman–Crippen LogP) is 2.81. The first kappa shape index (κ1) is 18.1. The van der Waals surface area contributed by atoms with Gasteiger partial charge in [0.2, 0.25) is 0 Å². The molecule has 4 rings (SSSR count).